The van der Waals surface area contributed by atoms with Gasteiger partial charge in [-0.15, -0.1) is 37.2 Å². The lowest BCUT2D eigenvalue weighted by molar-refractivity contribution is -0.164. The van der Waals surface area contributed by atoms with Crippen molar-refractivity contribution in [2.75, 3.05) is 61.2 Å². The number of carbonyl (C=O) groups excluding carboxylic acids is 10. The van der Waals surface area contributed by atoms with E-state index in [0.717, 1.165) is 275 Å². The predicted octanol–water partition coefficient (Wildman–Crippen LogP) is 16.4. The fraction of sp³-hybridized carbons (Fsp3) is 0.888. The second-order valence-electron chi connectivity index (χ2n) is 44.8. The van der Waals surface area contributed by atoms with Gasteiger partial charge in [0.15, 0.2) is 0 Å². The number of hydrogen-bond donors (Lipinski definition) is 6. The minimum atomic E-state index is -0.819. The summed E-state index contributed by atoms with van der Waals surface area (Å²) in [7, 11) is 5.58. The maximum Gasteiger partial charge on any atom is 0.328 e. The van der Waals surface area contributed by atoms with E-state index in [-0.39, 0.29) is 147 Å². The molecule has 3 aliphatic heterocycles. The highest BCUT2D eigenvalue weighted by atomic mass is 35.5. The number of esters is 4. The third-order valence-corrected chi connectivity index (χ3v) is 36.5. The van der Waals surface area contributed by atoms with Gasteiger partial charge in [-0.25, -0.2) is 14.4 Å². The zero-order valence-corrected chi connectivity index (χ0v) is 79.3. The van der Waals surface area contributed by atoms with E-state index >= 15 is 0 Å². The van der Waals surface area contributed by atoms with Gasteiger partial charge < -0.3 is 61.3 Å². The van der Waals surface area contributed by atoms with E-state index in [9.17, 15) is 57.8 Å². The van der Waals surface area contributed by atoms with Crippen LogP contribution in [0.2, 0.25) is 0 Å². The van der Waals surface area contributed by atoms with Crippen LogP contribution in [0.4, 0.5) is 0 Å². The molecule has 5 atom stereocenters. The van der Waals surface area contributed by atoms with Gasteiger partial charge in [0.05, 0.1) is 39.3 Å². The van der Waals surface area contributed by atoms with Crippen molar-refractivity contribution in [2.45, 2.75) is 346 Å². The average Bonchev–Trinajstić information content (AvgIpc) is 1.33. The third kappa shape index (κ3) is 22.6. The number of methoxy groups -OCH3 is 4. The van der Waals surface area contributed by atoms with Crippen LogP contribution in [0, 0.1) is 139 Å². The normalized spacial score (nSPS) is 40.4. The summed E-state index contributed by atoms with van der Waals surface area (Å²) in [6.45, 7) is 3.63. The van der Waals surface area contributed by atoms with E-state index in [2.05, 4.69) is 25.4 Å². The number of nitrogens with zero attached hydrogens (tertiary/aromatic N) is 2. The minimum Gasteiger partial charge on any atom is -0.480 e. The lowest BCUT2D eigenvalue weighted by atomic mass is 9.49. The summed E-state index contributed by atoms with van der Waals surface area (Å²) in [6.07, 6.45) is 53.1. The van der Waals surface area contributed by atoms with Crippen LogP contribution in [0.15, 0.2) is 0 Å². The van der Waals surface area contributed by atoms with Crippen molar-refractivity contribution in [2.24, 2.45) is 150 Å². The number of hydrogen-bond acceptors (Lipinski definition) is 18. The van der Waals surface area contributed by atoms with Crippen LogP contribution in [0.5, 0.6) is 0 Å². The maximum absolute atomic E-state index is 13.4. The zero-order valence-electron chi connectivity index (χ0n) is 75.4. The first kappa shape index (κ1) is 102. The van der Waals surface area contributed by atoms with Crippen molar-refractivity contribution in [3.63, 3.8) is 0 Å². The Hall–Kier alpha value is -4.10. The van der Waals surface area contributed by atoms with Crippen molar-refractivity contribution in [1.29, 1.82) is 0 Å². The van der Waals surface area contributed by atoms with Gasteiger partial charge in [0.2, 0.25) is 34.1 Å². The summed E-state index contributed by atoms with van der Waals surface area (Å²) in [4.78, 5) is 137. The number of nitrogens with one attached hydrogen (secondary N) is 3. The van der Waals surface area contributed by atoms with E-state index in [1.54, 1.807) is 4.90 Å². The molecule has 24 bridgehead atoms. The molecule has 3 heterocycles. The molecule has 714 valence electrons. The Labute approximate surface area is 779 Å². The van der Waals surface area contributed by atoms with Crippen molar-refractivity contribution >= 4 is 124 Å². The molecule has 28 heteroatoms. The van der Waals surface area contributed by atoms with Gasteiger partial charge in [-0.2, -0.15) is 0 Å². The number of aliphatic carboxylic acids is 1. The molecule has 24 saturated carbocycles. The van der Waals surface area contributed by atoms with Crippen LogP contribution < -0.4 is 27.4 Å². The number of likely N-dealkylation sites (tertiary alicyclic amines) is 2. The molecule has 126 heavy (non-hydrogen) atoms. The lowest BCUT2D eigenvalue weighted by Gasteiger charge is -2.56. The highest BCUT2D eigenvalue weighted by Crippen LogP contribution is 2.67. The fourth-order valence-electron chi connectivity index (χ4n) is 32.9. The van der Waals surface area contributed by atoms with Crippen LogP contribution in [0.25, 0.3) is 0 Å². The Morgan fingerprint density at radius 2 is 0.706 bits per heavy atom. The molecule has 2 unspecified atom stereocenters. The second-order valence-corrected chi connectivity index (χ2v) is 45.5. The number of carboxylic acids is 1. The highest BCUT2D eigenvalue weighted by Gasteiger charge is 2.62. The molecule has 4 amide bonds. The summed E-state index contributed by atoms with van der Waals surface area (Å²) < 4.78 is 18.9. The maximum atomic E-state index is 13.4. The first-order valence-electron chi connectivity index (χ1n) is 48.8. The summed E-state index contributed by atoms with van der Waals surface area (Å²) in [5.41, 5.74) is 9.89. The molecule has 27 rings (SSSR count). The number of rotatable bonds is 21. The quantitative estimate of drug-likeness (QED) is 0.0269. The average molecular weight is 1870 g/mol. The number of ether oxygens (including phenoxy) is 4. The van der Waals surface area contributed by atoms with Crippen molar-refractivity contribution < 1.29 is 76.8 Å². The van der Waals surface area contributed by atoms with Gasteiger partial charge in [0.25, 0.3) is 0 Å². The fourth-order valence-corrected chi connectivity index (χ4v) is 33.3. The third-order valence-electron chi connectivity index (χ3n) is 35.7. The first-order chi connectivity index (χ1) is 58.5. The van der Waals surface area contributed by atoms with E-state index < -0.39 is 24.1 Å². The van der Waals surface area contributed by atoms with E-state index in [0.29, 0.717) is 56.7 Å². The molecule has 8 N–H and O–H groups in total. The van der Waals surface area contributed by atoms with Crippen molar-refractivity contribution in [1.82, 2.24) is 25.8 Å². The van der Waals surface area contributed by atoms with Crippen LogP contribution in [0.3, 0.4) is 0 Å². The molecule has 0 aromatic heterocycles. The van der Waals surface area contributed by atoms with Crippen LogP contribution in [-0.4, -0.2) is 170 Å². The van der Waals surface area contributed by atoms with E-state index in [1.165, 1.54) is 144 Å². The van der Waals surface area contributed by atoms with Crippen molar-refractivity contribution in [3.05, 3.63) is 0 Å². The molecular formula is C98H156Cl5N7O16. The molecule has 0 radical (unpaired) electrons. The predicted molar refractivity (Wildman–Crippen MR) is 490 cm³/mol. The molecular weight excluding hydrogens is 1710 g/mol. The van der Waals surface area contributed by atoms with Gasteiger partial charge in [0.1, 0.15) is 30.2 Å². The van der Waals surface area contributed by atoms with E-state index in [4.69, 9.17) is 44.1 Å². The summed E-state index contributed by atoms with van der Waals surface area (Å²) >= 11 is 11.5. The highest BCUT2D eigenvalue weighted by molar-refractivity contribution is 6.65. The monoisotopic (exact) mass is 1860 g/mol. The van der Waals surface area contributed by atoms with Crippen LogP contribution >= 0.6 is 60.4 Å². The van der Waals surface area contributed by atoms with E-state index in [1.807, 2.05) is 4.90 Å². The van der Waals surface area contributed by atoms with Gasteiger partial charge >= 0.3 is 29.8 Å². The Balaban J connectivity index is 0.000000149. The molecule has 27 aliphatic rings. The summed E-state index contributed by atoms with van der Waals surface area (Å²) in [5, 5.41) is 18.6. The Bertz CT molecular complexity index is 3540. The molecule has 0 aromatic rings. The SMILES string of the molecule is C.COC(=O)C(CCCCNC(=O)C12CC3CC(CC(C3)C1)C2)NC(=O)C12CC3CC(CC(C3)C1)C2.COC(=O)C(N)CCCCN.COC(=O)[C@@H]1CCCN1.COC(=O)[C@@H]1CCCN1C(=O)C12CC3CC(CC(C3)C1)C2.Cl.Cl.Cl.O=C(Cl)C12CC3CC(CC(C3)C1)C2.O=C(Cl)C12CC3CC(CC(C3)C1)C2.O=C(O)[C@@H]1CCCN1C(=O)C12CC3CC(CC(C3)C1)C2. The lowest BCUT2D eigenvalue weighted by Crippen LogP contribution is -2.56. The number of nitrogens with two attached hydrogens (primary N) is 2. The molecule has 0 spiro atoms. The largest absolute Gasteiger partial charge is 0.480 e. The molecule has 0 aromatic carbocycles. The second kappa shape index (κ2) is 43.5. The van der Waals surface area contributed by atoms with Crippen molar-refractivity contribution in [3.8, 4) is 0 Å². The summed E-state index contributed by atoms with van der Waals surface area (Å²) in [6, 6.07) is -1.98. The van der Waals surface area contributed by atoms with Crippen LogP contribution in [-0.2, 0) is 71.7 Å². The Morgan fingerprint density at radius 1 is 0.397 bits per heavy atom. The topological polar surface area (TPSA) is 340 Å². The zero-order chi connectivity index (χ0) is 86.2. The van der Waals surface area contributed by atoms with Gasteiger partial charge in [-0.3, -0.25) is 38.4 Å². The molecule has 27 fully saturated rings. The number of halogens is 5. The molecule has 3 saturated heterocycles. The number of unbranched alkanes of at least 4 members (excludes halogenated alkanes) is 2. The first-order valence-corrected chi connectivity index (χ1v) is 49.6. The standard InChI is InChI=1S/C29H44N2O4.C17H25NO3.C16H23NO3.2C11H15ClO.C7H16N2O2.C6H11NO2.CH4.3ClH/c1-35-25(32)24(31-27(34)29-15-21-9-22(16-29)11-23(10-21)17-29)4-2-3-5-30-26(33)28-12-18-6-19(13-28)8-20(7-18)14-28;1-21-15(19)14-3-2-4-18(14)16(20)17-8-11-5-12(9-17)7-13(6-11)10-17;18-14(19)13-2-1-3-17(13)15(20)16-7-10-4-11(8-16)6-12(5-10)9-16;2*12-10(13)11-4-7-1-8(5-11)3-9(2-7)6-11;1-11-7(10)6(9)4-2-3-5-8;1-9-6(8)5-3-2-4-7-5;;;;/h18-24H,2-17H2,1H3,(H,30,33)(H,31,34);11-14H,2-10H2,1H3;10-13H,1-9H2,(H,18,19);2*7-9H,1-6H2;6H,2-5,8-9H2,1H3;5,7H,2-4H2,1H3;1H4;3*1H/t;11?,12?,13?,14-,17?;10?,11?,12?,13-,16?;;;;5-;;;;/m.00...0..../s1. The minimum absolute atomic E-state index is 0. The number of carboxylic acid groups (broad SMARTS) is 1. The molecule has 24 aliphatic carbocycles. The number of amides is 4. The Kier molecular flexibility index (Phi) is 35.4. The number of carbonyl (C=O) groups is 11. The van der Waals surface area contributed by atoms with Gasteiger partial charge in [0, 0.05) is 41.3 Å². The summed E-state index contributed by atoms with van der Waals surface area (Å²) in [5.74, 6) is 12.8. The van der Waals surface area contributed by atoms with Crippen LogP contribution in [0.1, 0.15) is 316 Å². The Morgan fingerprint density at radius 3 is 1.01 bits per heavy atom. The smallest absolute Gasteiger partial charge is 0.328 e. The molecule has 23 nitrogen and oxygen atoms in total. The van der Waals surface area contributed by atoms with Gasteiger partial charge in [-0.05, 0) is 445 Å². The van der Waals surface area contributed by atoms with Gasteiger partial charge in [-0.1, -0.05) is 13.8 Å².